The van der Waals surface area contributed by atoms with Crippen molar-refractivity contribution in [2.75, 3.05) is 0 Å². The molecule has 0 unspecified atom stereocenters. The van der Waals surface area contributed by atoms with Gasteiger partial charge in [0.05, 0.1) is 12.1 Å². The molecule has 3 N–H and O–H groups in total. The summed E-state index contributed by atoms with van der Waals surface area (Å²) in [5, 5.41) is 9.20. The molecule has 0 bridgehead atoms. The van der Waals surface area contributed by atoms with Crippen LogP contribution in [0.3, 0.4) is 0 Å². The number of aliphatic hydroxyl groups excluding tert-OH is 1. The maximum atomic E-state index is 9.20. The number of halogens is 1. The highest BCUT2D eigenvalue weighted by atomic mass is 79.9. The van der Waals surface area contributed by atoms with Gasteiger partial charge in [0.1, 0.15) is 0 Å². The van der Waals surface area contributed by atoms with Gasteiger partial charge in [-0.1, -0.05) is 0 Å². The van der Waals surface area contributed by atoms with E-state index in [2.05, 4.69) is 20.9 Å². The smallest absolute Gasteiger partial charge is 0.0705 e. The number of nitrogens with zero attached hydrogens (tertiary/aromatic N) is 1. The van der Waals surface area contributed by atoms with Crippen molar-refractivity contribution in [3.63, 3.8) is 0 Å². The van der Waals surface area contributed by atoms with Crippen LogP contribution in [0.15, 0.2) is 22.9 Å². The van der Waals surface area contributed by atoms with Gasteiger partial charge < -0.3 is 10.8 Å². The minimum Gasteiger partial charge on any atom is -0.391 e. The lowest BCUT2D eigenvalue weighted by Crippen LogP contribution is -2.23. The number of pyridine rings is 1. The molecule has 0 aliphatic heterocycles. The number of hydrogen-bond donors (Lipinski definition) is 2. The van der Waals surface area contributed by atoms with Crippen LogP contribution in [0.25, 0.3) is 0 Å². The summed E-state index contributed by atoms with van der Waals surface area (Å²) >= 11 is 3.28. The van der Waals surface area contributed by atoms with E-state index >= 15 is 0 Å². The van der Waals surface area contributed by atoms with E-state index in [0.717, 1.165) is 10.0 Å². The van der Waals surface area contributed by atoms with E-state index < -0.39 is 6.10 Å². The van der Waals surface area contributed by atoms with Crippen LogP contribution in [-0.2, 0) is 0 Å². The van der Waals surface area contributed by atoms with Gasteiger partial charge in [0, 0.05) is 16.9 Å². The first-order valence-electron chi connectivity index (χ1n) is 3.65. The monoisotopic (exact) mass is 230 g/mol. The van der Waals surface area contributed by atoms with Gasteiger partial charge >= 0.3 is 0 Å². The third-order valence-electron chi connectivity index (χ3n) is 1.63. The van der Waals surface area contributed by atoms with Crippen LogP contribution in [0.1, 0.15) is 18.5 Å². The summed E-state index contributed by atoms with van der Waals surface area (Å²) in [7, 11) is 0. The Hall–Kier alpha value is -0.450. The summed E-state index contributed by atoms with van der Waals surface area (Å²) < 4.78 is 0.871. The van der Waals surface area contributed by atoms with Crippen molar-refractivity contribution in [2.24, 2.45) is 5.73 Å². The third kappa shape index (κ3) is 2.27. The fraction of sp³-hybridized carbons (Fsp3) is 0.375. The van der Waals surface area contributed by atoms with E-state index in [0.29, 0.717) is 0 Å². The maximum absolute atomic E-state index is 9.20. The van der Waals surface area contributed by atoms with Crippen molar-refractivity contribution in [2.45, 2.75) is 19.1 Å². The van der Waals surface area contributed by atoms with E-state index in [1.165, 1.54) is 0 Å². The Morgan fingerprint density at radius 1 is 1.58 bits per heavy atom. The molecule has 0 aromatic carbocycles. The summed E-state index contributed by atoms with van der Waals surface area (Å²) in [5.74, 6) is 0. The third-order valence-corrected chi connectivity index (χ3v) is 2.06. The highest BCUT2D eigenvalue weighted by Gasteiger charge is 2.11. The zero-order valence-electron chi connectivity index (χ0n) is 6.74. The standard InChI is InChI=1S/C8H11BrN2O/c1-5(12)8(10)6-2-7(9)4-11-3-6/h2-5,8,12H,10H2,1H3/t5-,8+/m1/s1. The zero-order valence-corrected chi connectivity index (χ0v) is 8.32. The van der Waals surface area contributed by atoms with Crippen molar-refractivity contribution in [1.82, 2.24) is 4.98 Å². The SMILES string of the molecule is C[C@@H](O)[C@H](N)c1cncc(Br)c1. The van der Waals surface area contributed by atoms with Crippen LogP contribution >= 0.6 is 15.9 Å². The summed E-state index contributed by atoms with van der Waals surface area (Å²) in [5.41, 5.74) is 6.53. The molecule has 2 atom stereocenters. The predicted octanol–water partition coefficient (Wildman–Crippen LogP) is 1.22. The second kappa shape index (κ2) is 3.98. The Morgan fingerprint density at radius 2 is 2.25 bits per heavy atom. The minimum absolute atomic E-state index is 0.366. The zero-order chi connectivity index (χ0) is 9.14. The normalized spacial score (nSPS) is 15.7. The van der Waals surface area contributed by atoms with E-state index in [-0.39, 0.29) is 6.04 Å². The molecule has 0 saturated heterocycles. The molecule has 0 aliphatic rings. The van der Waals surface area contributed by atoms with Crippen molar-refractivity contribution >= 4 is 15.9 Å². The van der Waals surface area contributed by atoms with Crippen LogP contribution in [0, 0.1) is 0 Å². The van der Waals surface area contributed by atoms with Crippen molar-refractivity contribution in [3.05, 3.63) is 28.5 Å². The molecule has 0 spiro atoms. The van der Waals surface area contributed by atoms with Gasteiger partial charge in [-0.25, -0.2) is 0 Å². The second-order valence-corrected chi connectivity index (χ2v) is 3.62. The lowest BCUT2D eigenvalue weighted by Gasteiger charge is -2.14. The second-order valence-electron chi connectivity index (χ2n) is 2.70. The first kappa shape index (κ1) is 9.64. The highest BCUT2D eigenvalue weighted by Crippen LogP contribution is 2.17. The van der Waals surface area contributed by atoms with Gasteiger partial charge in [0.2, 0.25) is 0 Å². The lowest BCUT2D eigenvalue weighted by atomic mass is 10.1. The number of aromatic nitrogens is 1. The van der Waals surface area contributed by atoms with E-state index in [4.69, 9.17) is 5.73 Å². The van der Waals surface area contributed by atoms with E-state index in [1.807, 2.05) is 6.07 Å². The summed E-state index contributed by atoms with van der Waals surface area (Å²) in [6, 6.07) is 1.49. The quantitative estimate of drug-likeness (QED) is 0.804. The molecule has 12 heavy (non-hydrogen) atoms. The maximum Gasteiger partial charge on any atom is 0.0705 e. The Labute approximate surface area is 79.7 Å². The fourth-order valence-electron chi connectivity index (χ4n) is 0.889. The summed E-state index contributed by atoms with van der Waals surface area (Å²) in [6.07, 6.45) is 2.78. The molecular weight excluding hydrogens is 220 g/mol. The van der Waals surface area contributed by atoms with Crippen LogP contribution in [0.5, 0.6) is 0 Å². The Bertz CT molecular complexity index is 265. The summed E-state index contributed by atoms with van der Waals surface area (Å²) in [4.78, 5) is 3.95. The molecule has 0 amide bonds. The molecule has 1 aromatic heterocycles. The first-order valence-corrected chi connectivity index (χ1v) is 4.44. The molecule has 1 heterocycles. The van der Waals surface area contributed by atoms with Gasteiger partial charge in [0.25, 0.3) is 0 Å². The minimum atomic E-state index is -0.555. The summed E-state index contributed by atoms with van der Waals surface area (Å²) in [6.45, 7) is 1.66. The van der Waals surface area contributed by atoms with Crippen molar-refractivity contribution in [3.8, 4) is 0 Å². The number of aliphatic hydroxyl groups is 1. The van der Waals surface area contributed by atoms with Crippen LogP contribution in [0.4, 0.5) is 0 Å². The molecular formula is C8H11BrN2O. The number of nitrogens with two attached hydrogens (primary N) is 1. The van der Waals surface area contributed by atoms with E-state index in [1.54, 1.807) is 19.3 Å². The fourth-order valence-corrected chi connectivity index (χ4v) is 1.27. The Balaban J connectivity index is 2.88. The van der Waals surface area contributed by atoms with Gasteiger partial charge in [-0.05, 0) is 34.5 Å². The molecule has 0 fully saturated rings. The molecule has 0 aliphatic carbocycles. The van der Waals surface area contributed by atoms with Gasteiger partial charge in [-0.2, -0.15) is 0 Å². The number of hydrogen-bond acceptors (Lipinski definition) is 3. The first-order chi connectivity index (χ1) is 5.61. The van der Waals surface area contributed by atoms with Crippen LogP contribution in [-0.4, -0.2) is 16.2 Å². The van der Waals surface area contributed by atoms with Crippen LogP contribution in [0.2, 0.25) is 0 Å². The number of rotatable bonds is 2. The molecule has 1 rings (SSSR count). The van der Waals surface area contributed by atoms with Crippen molar-refractivity contribution < 1.29 is 5.11 Å². The lowest BCUT2D eigenvalue weighted by molar-refractivity contribution is 0.164. The molecule has 1 aromatic rings. The highest BCUT2D eigenvalue weighted by molar-refractivity contribution is 9.10. The average molecular weight is 231 g/mol. The molecule has 0 radical (unpaired) electrons. The molecule has 0 saturated carbocycles. The Morgan fingerprint density at radius 3 is 2.75 bits per heavy atom. The molecule has 3 nitrogen and oxygen atoms in total. The topological polar surface area (TPSA) is 59.1 Å². The van der Waals surface area contributed by atoms with Gasteiger partial charge in [0.15, 0.2) is 0 Å². The van der Waals surface area contributed by atoms with Gasteiger partial charge in [-0.3, -0.25) is 4.98 Å². The average Bonchev–Trinajstić information content (AvgIpc) is 2.03. The predicted molar refractivity (Wildman–Crippen MR) is 50.5 cm³/mol. The molecule has 4 heteroatoms. The largest absolute Gasteiger partial charge is 0.391 e. The van der Waals surface area contributed by atoms with Gasteiger partial charge in [-0.15, -0.1) is 0 Å². The molecule has 66 valence electrons. The van der Waals surface area contributed by atoms with E-state index in [9.17, 15) is 5.11 Å². The van der Waals surface area contributed by atoms with Crippen LogP contribution < -0.4 is 5.73 Å². The van der Waals surface area contributed by atoms with Crippen molar-refractivity contribution in [1.29, 1.82) is 0 Å². The Kier molecular flexibility index (Phi) is 3.20.